The number of rotatable bonds is 3. The number of nitrogens with one attached hydrogen (secondary N) is 1. The Morgan fingerprint density at radius 1 is 1.53 bits per heavy atom. The molecular weight excluding hydrogens is 242 g/mol. The van der Waals surface area contributed by atoms with Gasteiger partial charge in [0, 0.05) is 33.4 Å². The smallest absolute Gasteiger partial charge is 0.193 e. The maximum absolute atomic E-state index is 6.07. The minimum absolute atomic E-state index is 0.100. The second kappa shape index (κ2) is 5.29. The standard InChI is InChI=1S/C14H25N3O2/c1-3-18-12-10-11(14(12)6-4-9-19-14)16-13-15-7-5-8-17(13)2/h11-12H,3-10H2,1-2H3,(H,15,16). The van der Waals surface area contributed by atoms with Crippen LogP contribution in [0.25, 0.3) is 0 Å². The quantitative estimate of drug-likeness (QED) is 0.828. The first-order valence-corrected chi connectivity index (χ1v) is 7.54. The van der Waals surface area contributed by atoms with Crippen LogP contribution in [-0.2, 0) is 9.47 Å². The van der Waals surface area contributed by atoms with Crippen LogP contribution < -0.4 is 5.32 Å². The van der Waals surface area contributed by atoms with Gasteiger partial charge in [0.1, 0.15) is 5.60 Å². The molecule has 0 aromatic carbocycles. The molecule has 3 unspecified atom stereocenters. The van der Waals surface area contributed by atoms with E-state index in [4.69, 9.17) is 9.47 Å². The van der Waals surface area contributed by atoms with E-state index in [0.29, 0.717) is 6.04 Å². The minimum atomic E-state index is -0.100. The Bertz CT molecular complexity index is 353. The molecule has 2 aliphatic heterocycles. The van der Waals surface area contributed by atoms with Gasteiger partial charge in [-0.05, 0) is 32.6 Å². The zero-order valence-electron chi connectivity index (χ0n) is 12.0. The summed E-state index contributed by atoms with van der Waals surface area (Å²) in [7, 11) is 2.10. The van der Waals surface area contributed by atoms with Crippen molar-refractivity contribution in [2.75, 3.05) is 33.4 Å². The van der Waals surface area contributed by atoms with Gasteiger partial charge in [0.25, 0.3) is 0 Å². The SMILES string of the molecule is CCOC1CC(NC2=NCCCN2C)C12CCCO2. The molecule has 1 saturated carbocycles. The van der Waals surface area contributed by atoms with Gasteiger partial charge in [0.05, 0.1) is 12.1 Å². The number of aliphatic imine (C=N–C) groups is 1. The van der Waals surface area contributed by atoms with Crippen LogP contribution in [0.1, 0.15) is 32.6 Å². The third-order valence-corrected chi connectivity index (χ3v) is 4.61. The summed E-state index contributed by atoms with van der Waals surface area (Å²) in [6, 6.07) is 0.353. The molecule has 3 rings (SSSR count). The first-order valence-electron chi connectivity index (χ1n) is 7.54. The van der Waals surface area contributed by atoms with Gasteiger partial charge >= 0.3 is 0 Å². The first kappa shape index (κ1) is 13.2. The van der Waals surface area contributed by atoms with Crippen molar-refractivity contribution in [3.05, 3.63) is 0 Å². The van der Waals surface area contributed by atoms with E-state index in [2.05, 4.69) is 29.2 Å². The molecule has 0 aromatic heterocycles. The average Bonchev–Trinajstić information content (AvgIpc) is 2.92. The van der Waals surface area contributed by atoms with Crippen molar-refractivity contribution in [1.29, 1.82) is 0 Å². The zero-order valence-corrected chi connectivity index (χ0v) is 12.0. The lowest BCUT2D eigenvalue weighted by molar-refractivity contribution is -0.194. The third kappa shape index (κ3) is 2.23. The monoisotopic (exact) mass is 267 g/mol. The normalized spacial score (nSPS) is 38.2. The molecule has 108 valence electrons. The molecule has 19 heavy (non-hydrogen) atoms. The molecule has 0 radical (unpaired) electrons. The van der Waals surface area contributed by atoms with Gasteiger partial charge in [-0.3, -0.25) is 4.99 Å². The Hall–Kier alpha value is -0.810. The van der Waals surface area contributed by atoms with Gasteiger partial charge in [-0.15, -0.1) is 0 Å². The largest absolute Gasteiger partial charge is 0.375 e. The van der Waals surface area contributed by atoms with Crippen molar-refractivity contribution in [2.24, 2.45) is 4.99 Å². The lowest BCUT2D eigenvalue weighted by atomic mass is 9.70. The summed E-state index contributed by atoms with van der Waals surface area (Å²) in [5.41, 5.74) is -0.100. The summed E-state index contributed by atoms with van der Waals surface area (Å²) in [5, 5.41) is 3.60. The van der Waals surface area contributed by atoms with Crippen molar-refractivity contribution < 1.29 is 9.47 Å². The van der Waals surface area contributed by atoms with Crippen molar-refractivity contribution in [3.8, 4) is 0 Å². The van der Waals surface area contributed by atoms with E-state index >= 15 is 0 Å². The topological polar surface area (TPSA) is 46.1 Å². The van der Waals surface area contributed by atoms with Crippen LogP contribution >= 0.6 is 0 Å². The predicted molar refractivity (Wildman–Crippen MR) is 74.4 cm³/mol. The molecule has 3 atom stereocenters. The van der Waals surface area contributed by atoms with Gasteiger partial charge < -0.3 is 19.7 Å². The van der Waals surface area contributed by atoms with Gasteiger partial charge in [0.15, 0.2) is 5.96 Å². The van der Waals surface area contributed by atoms with Crippen molar-refractivity contribution in [1.82, 2.24) is 10.2 Å². The van der Waals surface area contributed by atoms with Gasteiger partial charge in [-0.1, -0.05) is 0 Å². The molecular formula is C14H25N3O2. The van der Waals surface area contributed by atoms with E-state index in [0.717, 1.165) is 57.9 Å². The summed E-state index contributed by atoms with van der Waals surface area (Å²) in [4.78, 5) is 6.80. The highest BCUT2D eigenvalue weighted by molar-refractivity contribution is 5.80. The number of guanidine groups is 1. The molecule has 1 spiro atoms. The van der Waals surface area contributed by atoms with Crippen LogP contribution in [0.15, 0.2) is 4.99 Å². The molecule has 0 bridgehead atoms. The highest BCUT2D eigenvalue weighted by Gasteiger charge is 2.59. The summed E-state index contributed by atoms with van der Waals surface area (Å²) in [6.07, 6.45) is 4.68. The predicted octanol–water partition coefficient (Wildman–Crippen LogP) is 0.994. The summed E-state index contributed by atoms with van der Waals surface area (Å²) in [5.74, 6) is 1.03. The maximum atomic E-state index is 6.07. The Labute approximate surface area is 115 Å². The number of hydrogen-bond donors (Lipinski definition) is 1. The van der Waals surface area contributed by atoms with Crippen molar-refractivity contribution >= 4 is 5.96 Å². The van der Waals surface area contributed by atoms with Crippen LogP contribution in [0.2, 0.25) is 0 Å². The zero-order chi connectivity index (χ0) is 13.3. The fourth-order valence-corrected chi connectivity index (χ4v) is 3.51. The lowest BCUT2D eigenvalue weighted by Gasteiger charge is -2.53. The maximum Gasteiger partial charge on any atom is 0.193 e. The molecule has 5 heteroatoms. The molecule has 1 saturated heterocycles. The molecule has 0 aromatic rings. The van der Waals surface area contributed by atoms with Crippen molar-refractivity contribution in [2.45, 2.75) is 50.4 Å². The van der Waals surface area contributed by atoms with Crippen LogP contribution in [0.4, 0.5) is 0 Å². The number of hydrogen-bond acceptors (Lipinski definition) is 5. The minimum Gasteiger partial charge on any atom is -0.375 e. The molecule has 1 aliphatic carbocycles. The van der Waals surface area contributed by atoms with E-state index < -0.39 is 0 Å². The Morgan fingerprint density at radius 3 is 3.11 bits per heavy atom. The van der Waals surface area contributed by atoms with E-state index in [1.165, 1.54) is 0 Å². The summed E-state index contributed by atoms with van der Waals surface area (Å²) >= 11 is 0. The highest BCUT2D eigenvalue weighted by Crippen LogP contribution is 2.45. The first-order chi connectivity index (χ1) is 9.26. The van der Waals surface area contributed by atoms with E-state index in [9.17, 15) is 0 Å². The number of nitrogens with zero attached hydrogens (tertiary/aromatic N) is 2. The van der Waals surface area contributed by atoms with Crippen molar-refractivity contribution in [3.63, 3.8) is 0 Å². The van der Waals surface area contributed by atoms with E-state index in [1.807, 2.05) is 0 Å². The third-order valence-electron chi connectivity index (χ3n) is 4.61. The van der Waals surface area contributed by atoms with E-state index in [1.54, 1.807) is 0 Å². The number of ether oxygens (including phenoxy) is 2. The van der Waals surface area contributed by atoms with Crippen LogP contribution in [-0.4, -0.2) is 62.0 Å². The lowest BCUT2D eigenvalue weighted by Crippen LogP contribution is -2.70. The highest BCUT2D eigenvalue weighted by atomic mass is 16.6. The molecule has 5 nitrogen and oxygen atoms in total. The molecule has 3 aliphatic rings. The Balaban J connectivity index is 1.66. The molecule has 2 heterocycles. The Morgan fingerprint density at radius 2 is 2.42 bits per heavy atom. The van der Waals surface area contributed by atoms with Gasteiger partial charge in [0.2, 0.25) is 0 Å². The van der Waals surface area contributed by atoms with Gasteiger partial charge in [-0.2, -0.15) is 0 Å². The summed E-state index contributed by atoms with van der Waals surface area (Å²) in [6.45, 7) is 5.71. The van der Waals surface area contributed by atoms with E-state index in [-0.39, 0.29) is 11.7 Å². The molecule has 0 amide bonds. The van der Waals surface area contributed by atoms with Gasteiger partial charge in [-0.25, -0.2) is 0 Å². The molecule has 2 fully saturated rings. The molecule has 1 N–H and O–H groups in total. The Kier molecular flexibility index (Phi) is 3.67. The second-order valence-electron chi connectivity index (χ2n) is 5.76. The van der Waals surface area contributed by atoms with Crippen LogP contribution in [0.3, 0.4) is 0 Å². The van der Waals surface area contributed by atoms with Crippen LogP contribution in [0, 0.1) is 0 Å². The average molecular weight is 267 g/mol. The second-order valence-corrected chi connectivity index (χ2v) is 5.76. The fourth-order valence-electron chi connectivity index (χ4n) is 3.51. The fraction of sp³-hybridized carbons (Fsp3) is 0.929. The summed E-state index contributed by atoms with van der Waals surface area (Å²) < 4.78 is 11.9. The van der Waals surface area contributed by atoms with Crippen LogP contribution in [0.5, 0.6) is 0 Å².